The van der Waals surface area contributed by atoms with Gasteiger partial charge >= 0.3 is 5.97 Å². The molecule has 144 valence electrons. The topological polar surface area (TPSA) is 180 Å². The molecule has 0 amide bonds. The molecule has 12 heteroatoms. The summed E-state index contributed by atoms with van der Waals surface area (Å²) in [6.07, 6.45) is 0. The molecule has 0 bridgehead atoms. The number of esters is 1. The van der Waals surface area contributed by atoms with Crippen molar-refractivity contribution in [2.75, 3.05) is 12.0 Å². The first-order chi connectivity index (χ1) is 13.3. The quantitative estimate of drug-likeness (QED) is 0.208. The van der Waals surface area contributed by atoms with Crippen molar-refractivity contribution in [2.45, 2.75) is 13.8 Å². The number of nitrogens with one attached hydrogen (secondary N) is 2. The van der Waals surface area contributed by atoms with E-state index in [0.717, 1.165) is 11.3 Å². The highest BCUT2D eigenvalue weighted by Crippen LogP contribution is 2.36. The molecular weight excluding hydrogens is 386 g/mol. The van der Waals surface area contributed by atoms with Gasteiger partial charge in [0.25, 0.3) is 5.69 Å². The number of non-ortho nitro benzene ring substituents is 1. The molecule has 0 saturated carbocycles. The highest BCUT2D eigenvalue weighted by molar-refractivity contribution is 7.17. The summed E-state index contributed by atoms with van der Waals surface area (Å²) < 4.78 is 4.98. The number of nitro benzene ring substituents is 1. The number of ether oxygens (including phenoxy) is 1. The van der Waals surface area contributed by atoms with Crippen LogP contribution in [0.2, 0.25) is 0 Å². The normalized spacial score (nSPS) is 10.8. The van der Waals surface area contributed by atoms with E-state index in [4.69, 9.17) is 21.1 Å². The van der Waals surface area contributed by atoms with Crippen molar-refractivity contribution >= 4 is 40.2 Å². The van der Waals surface area contributed by atoms with E-state index in [2.05, 4.69) is 15.5 Å². The molecule has 0 fully saturated rings. The number of thiazole rings is 1. The van der Waals surface area contributed by atoms with E-state index in [1.165, 1.54) is 18.2 Å². The second-order valence-electron chi connectivity index (χ2n) is 5.24. The predicted molar refractivity (Wildman–Crippen MR) is 103 cm³/mol. The van der Waals surface area contributed by atoms with Gasteiger partial charge < -0.3 is 10.5 Å². The number of nitriles is 1. The Morgan fingerprint density at radius 2 is 2.29 bits per heavy atom. The zero-order valence-corrected chi connectivity index (χ0v) is 15.7. The van der Waals surface area contributed by atoms with Gasteiger partial charge in [0.15, 0.2) is 5.84 Å². The molecule has 0 unspecified atom stereocenters. The molecule has 4 N–H and O–H groups in total. The van der Waals surface area contributed by atoms with Gasteiger partial charge in [-0.25, -0.2) is 9.78 Å². The number of hydrazone groups is 1. The Labute approximate surface area is 163 Å². The van der Waals surface area contributed by atoms with E-state index >= 15 is 0 Å². The molecule has 11 nitrogen and oxygen atoms in total. The van der Waals surface area contributed by atoms with Crippen LogP contribution in [0, 0.1) is 33.8 Å². The van der Waals surface area contributed by atoms with E-state index in [0.29, 0.717) is 16.3 Å². The number of hydrogen-bond acceptors (Lipinski definition) is 10. The van der Waals surface area contributed by atoms with Crippen molar-refractivity contribution in [3.05, 3.63) is 38.9 Å². The summed E-state index contributed by atoms with van der Waals surface area (Å²) >= 11 is 1.01. The number of benzene rings is 1. The van der Waals surface area contributed by atoms with Crippen LogP contribution in [0.3, 0.4) is 0 Å². The fourth-order valence-corrected chi connectivity index (χ4v) is 3.07. The number of carbonyl (C=O) groups is 1. The van der Waals surface area contributed by atoms with Crippen molar-refractivity contribution in [1.82, 2.24) is 4.98 Å². The lowest BCUT2D eigenvalue weighted by Crippen LogP contribution is -2.21. The Morgan fingerprint density at radius 1 is 1.57 bits per heavy atom. The second-order valence-corrected chi connectivity index (χ2v) is 6.24. The first-order valence-corrected chi connectivity index (χ1v) is 8.61. The molecular formula is C16H15N7O4S. The predicted octanol–water partition coefficient (Wildman–Crippen LogP) is 2.43. The van der Waals surface area contributed by atoms with Crippen LogP contribution in [0.1, 0.15) is 22.3 Å². The first-order valence-electron chi connectivity index (χ1n) is 7.80. The number of nitrogens with two attached hydrogens (primary N) is 1. The molecule has 1 aromatic heterocycles. The number of aromatic nitrogens is 1. The minimum atomic E-state index is -0.570. The largest absolute Gasteiger partial charge is 0.462 e. The van der Waals surface area contributed by atoms with Crippen LogP contribution in [-0.2, 0) is 4.74 Å². The third-order valence-electron chi connectivity index (χ3n) is 3.35. The van der Waals surface area contributed by atoms with Crippen LogP contribution in [0.25, 0.3) is 10.6 Å². The fourth-order valence-electron chi connectivity index (χ4n) is 2.08. The molecule has 0 spiro atoms. The van der Waals surface area contributed by atoms with Crippen molar-refractivity contribution in [2.24, 2.45) is 10.8 Å². The van der Waals surface area contributed by atoms with Crippen LogP contribution in [0.4, 0.5) is 11.4 Å². The molecule has 0 saturated heterocycles. The average Bonchev–Trinajstić information content (AvgIpc) is 3.03. The molecule has 0 atom stereocenters. The van der Waals surface area contributed by atoms with Gasteiger partial charge in [0.2, 0.25) is 5.71 Å². The SMILES string of the molecule is CCOC(=O)c1sc(-c2cc([N+](=O)[O-])ccc2N/N=C(\C#N)C(=N)N)nc1C. The standard InChI is InChI=1S/C16H15N7O4S/c1-3-27-16(24)13-8(2)20-15(28-13)10-6-9(23(25)26)4-5-11(10)21-22-12(7-17)14(18)19/h4-6,21H,3H2,1-2H3,(H3,18,19)/b22-12+. The molecule has 2 aromatic rings. The number of rotatable bonds is 7. The maximum atomic E-state index is 12.0. The van der Waals surface area contributed by atoms with Gasteiger partial charge in [0.1, 0.15) is 16.0 Å². The second kappa shape index (κ2) is 8.69. The molecule has 2 rings (SSSR count). The molecule has 28 heavy (non-hydrogen) atoms. The lowest BCUT2D eigenvalue weighted by atomic mass is 10.1. The Bertz CT molecular complexity index is 1020. The number of hydrogen-bond donors (Lipinski definition) is 3. The van der Waals surface area contributed by atoms with E-state index in [-0.39, 0.29) is 28.6 Å². The Kier molecular flexibility index (Phi) is 6.35. The van der Waals surface area contributed by atoms with E-state index in [1.54, 1.807) is 19.9 Å². The third-order valence-corrected chi connectivity index (χ3v) is 4.52. The number of anilines is 1. The Hall–Kier alpha value is -3.85. The molecule has 0 aliphatic heterocycles. The maximum Gasteiger partial charge on any atom is 0.350 e. The number of amidine groups is 1. The minimum absolute atomic E-state index is 0.192. The van der Waals surface area contributed by atoms with Crippen LogP contribution in [0.5, 0.6) is 0 Å². The van der Waals surface area contributed by atoms with Gasteiger partial charge in [-0.3, -0.25) is 20.9 Å². The van der Waals surface area contributed by atoms with Gasteiger partial charge in [0, 0.05) is 17.7 Å². The fraction of sp³-hybridized carbons (Fsp3) is 0.188. The van der Waals surface area contributed by atoms with Crippen LogP contribution >= 0.6 is 11.3 Å². The Balaban J connectivity index is 2.55. The van der Waals surface area contributed by atoms with Gasteiger partial charge in [-0.2, -0.15) is 10.4 Å². The molecule has 1 aromatic carbocycles. The van der Waals surface area contributed by atoms with Gasteiger partial charge in [-0.05, 0) is 19.9 Å². The van der Waals surface area contributed by atoms with Gasteiger partial charge in [-0.15, -0.1) is 11.3 Å². The maximum absolute atomic E-state index is 12.0. The number of carbonyl (C=O) groups excluding carboxylic acids is 1. The average molecular weight is 401 g/mol. The number of aryl methyl sites for hydroxylation is 1. The molecule has 0 aliphatic rings. The lowest BCUT2D eigenvalue weighted by molar-refractivity contribution is -0.384. The highest BCUT2D eigenvalue weighted by atomic mass is 32.1. The monoisotopic (exact) mass is 401 g/mol. The smallest absolute Gasteiger partial charge is 0.350 e. The van der Waals surface area contributed by atoms with Crippen molar-refractivity contribution in [1.29, 1.82) is 10.7 Å². The van der Waals surface area contributed by atoms with Crippen molar-refractivity contribution < 1.29 is 14.5 Å². The lowest BCUT2D eigenvalue weighted by Gasteiger charge is -2.07. The van der Waals surface area contributed by atoms with Crippen molar-refractivity contribution in [3.8, 4) is 16.6 Å². The van der Waals surface area contributed by atoms with Crippen LogP contribution in [-0.4, -0.2) is 34.0 Å². The molecule has 0 radical (unpaired) electrons. The summed E-state index contributed by atoms with van der Waals surface area (Å²) in [6.45, 7) is 3.50. The van der Waals surface area contributed by atoms with Crippen LogP contribution in [0.15, 0.2) is 23.3 Å². The number of nitrogens with zero attached hydrogens (tertiary/aromatic N) is 4. The molecule has 1 heterocycles. The van der Waals surface area contributed by atoms with Crippen molar-refractivity contribution in [3.63, 3.8) is 0 Å². The highest BCUT2D eigenvalue weighted by Gasteiger charge is 2.21. The molecule has 0 aliphatic carbocycles. The zero-order valence-electron chi connectivity index (χ0n) is 14.8. The third kappa shape index (κ3) is 4.46. The van der Waals surface area contributed by atoms with Gasteiger partial charge in [-0.1, -0.05) is 0 Å². The minimum Gasteiger partial charge on any atom is -0.462 e. The van der Waals surface area contributed by atoms with E-state index in [1.807, 2.05) is 0 Å². The van der Waals surface area contributed by atoms with E-state index < -0.39 is 16.7 Å². The summed E-state index contributed by atoms with van der Waals surface area (Å²) in [5.41, 5.74) is 8.26. The summed E-state index contributed by atoms with van der Waals surface area (Å²) in [5, 5.41) is 31.4. The summed E-state index contributed by atoms with van der Waals surface area (Å²) in [7, 11) is 0. The summed E-state index contributed by atoms with van der Waals surface area (Å²) in [5.74, 6) is -1.07. The van der Waals surface area contributed by atoms with Gasteiger partial charge in [0.05, 0.1) is 22.9 Å². The Morgan fingerprint density at radius 3 is 2.86 bits per heavy atom. The number of nitro groups is 1. The summed E-state index contributed by atoms with van der Waals surface area (Å²) in [6, 6.07) is 5.55. The summed E-state index contributed by atoms with van der Waals surface area (Å²) in [4.78, 5) is 27.2. The zero-order chi connectivity index (χ0) is 20.8. The van der Waals surface area contributed by atoms with Crippen LogP contribution < -0.4 is 11.2 Å². The van der Waals surface area contributed by atoms with E-state index in [9.17, 15) is 14.9 Å². The first kappa shape index (κ1) is 20.5.